The fourth-order valence-electron chi connectivity index (χ4n) is 3.64. The van der Waals surface area contributed by atoms with Crippen molar-refractivity contribution in [2.45, 2.75) is 50.3 Å². The maximum atomic E-state index is 12.8. The minimum atomic E-state index is -4.70. The van der Waals surface area contributed by atoms with Crippen LogP contribution in [0.1, 0.15) is 30.9 Å². The Labute approximate surface area is 183 Å². The van der Waals surface area contributed by atoms with Crippen LogP contribution < -0.4 is 4.72 Å². The molecule has 2 heterocycles. The highest BCUT2D eigenvalue weighted by Crippen LogP contribution is 2.38. The summed E-state index contributed by atoms with van der Waals surface area (Å²) in [4.78, 5) is 3.85. The quantitative estimate of drug-likeness (QED) is 0.583. The highest BCUT2D eigenvalue weighted by molar-refractivity contribution is 7.89. The number of hydrogen-bond donors (Lipinski definition) is 1. The van der Waals surface area contributed by atoms with Crippen LogP contribution in [0, 0.1) is 24.2 Å². The number of halogens is 3. The number of nitriles is 1. The monoisotopic (exact) mass is 462 g/mol. The summed E-state index contributed by atoms with van der Waals surface area (Å²) in [6, 6.07) is 8.51. The zero-order valence-corrected chi connectivity index (χ0v) is 18.3. The summed E-state index contributed by atoms with van der Waals surface area (Å²) in [5.74, 6) is 0.505. The van der Waals surface area contributed by atoms with Crippen LogP contribution in [0.15, 0.2) is 41.4 Å². The van der Waals surface area contributed by atoms with E-state index in [1.807, 2.05) is 29.7 Å². The average molecular weight is 462 g/mol. The highest BCUT2D eigenvalue weighted by Gasteiger charge is 2.39. The predicted octanol–water partition coefficient (Wildman–Crippen LogP) is 4.52. The van der Waals surface area contributed by atoms with E-state index in [9.17, 15) is 26.9 Å². The fraction of sp³-hybridized carbons (Fsp3) is 0.364. The molecule has 168 valence electrons. The number of fused-ring (bicyclic) bond motifs is 1. The van der Waals surface area contributed by atoms with Gasteiger partial charge in [0.25, 0.3) is 0 Å². The van der Waals surface area contributed by atoms with Gasteiger partial charge >= 0.3 is 6.18 Å². The molecule has 1 fully saturated rings. The van der Waals surface area contributed by atoms with Gasteiger partial charge in [-0.3, -0.25) is 4.98 Å². The lowest BCUT2D eigenvalue weighted by Gasteiger charge is -2.17. The molecular weight excluding hydrogens is 441 g/mol. The Bertz CT molecular complexity index is 1320. The van der Waals surface area contributed by atoms with Crippen molar-refractivity contribution in [1.82, 2.24) is 14.3 Å². The second-order valence-corrected chi connectivity index (χ2v) is 9.89. The van der Waals surface area contributed by atoms with Gasteiger partial charge in [0.15, 0.2) is 0 Å². The Morgan fingerprint density at radius 2 is 2.00 bits per heavy atom. The molecule has 1 aliphatic rings. The van der Waals surface area contributed by atoms with Crippen molar-refractivity contribution in [1.29, 1.82) is 5.26 Å². The number of nitrogens with one attached hydrogen (secondary N) is 1. The molecule has 0 bridgehead atoms. The van der Waals surface area contributed by atoms with E-state index in [0.717, 1.165) is 42.4 Å². The highest BCUT2D eigenvalue weighted by atomic mass is 32.2. The largest absolute Gasteiger partial charge is 0.404 e. The van der Waals surface area contributed by atoms with Crippen molar-refractivity contribution in [3.8, 4) is 17.5 Å². The van der Waals surface area contributed by atoms with Gasteiger partial charge in [0.05, 0.1) is 17.0 Å². The number of nitrogens with zero attached hydrogens (tertiary/aromatic N) is 3. The van der Waals surface area contributed by atoms with E-state index in [1.165, 1.54) is 12.1 Å². The van der Waals surface area contributed by atoms with Gasteiger partial charge in [-0.2, -0.15) is 23.2 Å². The third kappa shape index (κ3) is 4.23. The van der Waals surface area contributed by atoms with Gasteiger partial charge in [-0.1, -0.05) is 11.6 Å². The van der Waals surface area contributed by atoms with Crippen molar-refractivity contribution in [3.05, 3.63) is 47.7 Å². The lowest BCUT2D eigenvalue weighted by molar-refractivity contribution is -0.147. The molecule has 6 nitrogen and oxygen atoms in total. The summed E-state index contributed by atoms with van der Waals surface area (Å²) in [5.41, 5.74) is 3.31. The minimum absolute atomic E-state index is 0.378. The summed E-state index contributed by atoms with van der Waals surface area (Å²) in [6.07, 6.45) is -1.49. The SMILES string of the molecule is Cc1ccc2c(c1)c(C#N)c(-c1ccc(S(=O)(=O)NC(C)C(F)(F)F)cn1)n2CC1CC1. The van der Waals surface area contributed by atoms with Gasteiger partial charge in [0.2, 0.25) is 10.0 Å². The van der Waals surface area contributed by atoms with E-state index in [-0.39, 0.29) is 4.90 Å². The Morgan fingerprint density at radius 3 is 2.56 bits per heavy atom. The first kappa shape index (κ1) is 22.3. The van der Waals surface area contributed by atoms with E-state index >= 15 is 0 Å². The first-order valence-corrected chi connectivity index (χ1v) is 11.6. The van der Waals surface area contributed by atoms with Crippen LogP contribution in [0.3, 0.4) is 0 Å². The van der Waals surface area contributed by atoms with Crippen LogP contribution in [0.5, 0.6) is 0 Å². The molecule has 4 rings (SSSR count). The van der Waals surface area contributed by atoms with Gasteiger partial charge in [-0.25, -0.2) is 8.42 Å². The molecule has 2 aromatic heterocycles. The number of sulfonamides is 1. The predicted molar refractivity (Wildman–Crippen MR) is 113 cm³/mol. The molecule has 0 radical (unpaired) electrons. The number of alkyl halides is 3. The Kier molecular flexibility index (Phi) is 5.51. The number of hydrogen-bond acceptors (Lipinski definition) is 4. The van der Waals surface area contributed by atoms with Crippen LogP contribution in [-0.2, 0) is 16.6 Å². The normalized spacial score (nSPS) is 15.6. The second kappa shape index (κ2) is 7.90. The lowest BCUT2D eigenvalue weighted by Crippen LogP contribution is -2.42. The topological polar surface area (TPSA) is 87.8 Å². The van der Waals surface area contributed by atoms with Crippen LogP contribution in [0.25, 0.3) is 22.3 Å². The zero-order valence-electron chi connectivity index (χ0n) is 17.4. The molecule has 0 saturated heterocycles. The van der Waals surface area contributed by atoms with E-state index in [2.05, 4.69) is 11.1 Å². The molecule has 1 aliphatic carbocycles. The molecule has 10 heteroatoms. The van der Waals surface area contributed by atoms with Crippen molar-refractivity contribution in [2.24, 2.45) is 5.92 Å². The summed E-state index contributed by atoms with van der Waals surface area (Å²) < 4.78 is 66.7. The minimum Gasteiger partial charge on any atom is -0.338 e. The van der Waals surface area contributed by atoms with Gasteiger partial charge in [-0.15, -0.1) is 0 Å². The number of rotatable bonds is 6. The molecule has 0 spiro atoms. The summed E-state index contributed by atoms with van der Waals surface area (Å²) >= 11 is 0. The second-order valence-electron chi connectivity index (χ2n) is 8.17. The van der Waals surface area contributed by atoms with Crippen LogP contribution in [-0.4, -0.2) is 30.2 Å². The van der Waals surface area contributed by atoms with E-state index in [4.69, 9.17) is 0 Å². The van der Waals surface area contributed by atoms with E-state index in [0.29, 0.717) is 29.4 Å². The standard InChI is InChI=1S/C22H21F3N4O2S/c1-13-3-8-20-17(9-13)18(10-26)21(29(20)12-15-4-5-15)19-7-6-16(11-27-19)32(30,31)28-14(2)22(23,24)25/h3,6-9,11,14-15,28H,4-5,12H2,1-2H3. The van der Waals surface area contributed by atoms with E-state index < -0.39 is 22.2 Å². The molecule has 1 N–H and O–H groups in total. The van der Waals surface area contributed by atoms with E-state index in [1.54, 1.807) is 4.72 Å². The maximum absolute atomic E-state index is 12.8. The molecular formula is C22H21F3N4O2S. The lowest BCUT2D eigenvalue weighted by atomic mass is 10.1. The van der Waals surface area contributed by atoms with Crippen molar-refractivity contribution in [2.75, 3.05) is 0 Å². The van der Waals surface area contributed by atoms with Crippen LogP contribution in [0.2, 0.25) is 0 Å². The smallest absolute Gasteiger partial charge is 0.338 e. The van der Waals surface area contributed by atoms with Crippen molar-refractivity contribution < 1.29 is 21.6 Å². The van der Waals surface area contributed by atoms with Gasteiger partial charge in [0, 0.05) is 23.6 Å². The molecule has 0 amide bonds. The Balaban J connectivity index is 1.77. The fourth-order valence-corrected chi connectivity index (χ4v) is 4.82. The molecule has 32 heavy (non-hydrogen) atoms. The Morgan fingerprint density at radius 1 is 1.28 bits per heavy atom. The Hall–Kier alpha value is -2.90. The number of pyridine rings is 1. The number of aryl methyl sites for hydroxylation is 1. The zero-order chi connectivity index (χ0) is 23.3. The number of benzene rings is 1. The van der Waals surface area contributed by atoms with Gasteiger partial charge in [-0.05, 0) is 56.9 Å². The van der Waals surface area contributed by atoms with Gasteiger partial charge in [0.1, 0.15) is 17.0 Å². The number of aromatic nitrogens is 2. The van der Waals surface area contributed by atoms with Crippen molar-refractivity contribution in [3.63, 3.8) is 0 Å². The molecule has 0 aliphatic heterocycles. The first-order valence-electron chi connectivity index (χ1n) is 10.1. The maximum Gasteiger partial charge on any atom is 0.404 e. The molecule has 1 atom stereocenters. The molecule has 1 saturated carbocycles. The molecule has 1 unspecified atom stereocenters. The molecule has 1 aromatic carbocycles. The third-order valence-corrected chi connectivity index (χ3v) is 7.11. The van der Waals surface area contributed by atoms with Crippen molar-refractivity contribution >= 4 is 20.9 Å². The molecule has 3 aromatic rings. The summed E-state index contributed by atoms with van der Waals surface area (Å²) in [7, 11) is -4.41. The van der Waals surface area contributed by atoms with Gasteiger partial charge < -0.3 is 4.57 Å². The average Bonchev–Trinajstić information content (AvgIpc) is 3.48. The van der Waals surface area contributed by atoms with Crippen LogP contribution in [0.4, 0.5) is 13.2 Å². The summed E-state index contributed by atoms with van der Waals surface area (Å²) in [6.45, 7) is 3.38. The summed E-state index contributed by atoms with van der Waals surface area (Å²) in [5, 5.41) is 10.7. The first-order chi connectivity index (χ1) is 15.0. The van der Waals surface area contributed by atoms with Crippen LogP contribution >= 0.6 is 0 Å². The third-order valence-electron chi connectivity index (χ3n) is 5.58.